The van der Waals surface area contributed by atoms with Crippen LogP contribution >= 0.6 is 0 Å². The molecule has 6 nitrogen and oxygen atoms in total. The Labute approximate surface area is 126 Å². The van der Waals surface area contributed by atoms with Gasteiger partial charge in [-0.15, -0.1) is 0 Å². The molecule has 0 radical (unpaired) electrons. The Kier molecular flexibility index (Phi) is 5.52. The fourth-order valence-electron chi connectivity index (χ4n) is 2.65. The lowest BCUT2D eigenvalue weighted by molar-refractivity contribution is 0.424. The molecule has 1 aliphatic rings. The average molecular weight is 312 g/mol. The first kappa shape index (κ1) is 16.2. The number of rotatable bonds is 7. The van der Waals surface area contributed by atoms with E-state index >= 15 is 0 Å². The molecular formula is C14H24N4O2S. The summed E-state index contributed by atoms with van der Waals surface area (Å²) in [7, 11) is -3.54. The number of hydrogen-bond acceptors (Lipinski definition) is 5. The van der Waals surface area contributed by atoms with Gasteiger partial charge in [0.25, 0.3) is 0 Å². The molecule has 1 aromatic heterocycles. The molecule has 0 bridgehead atoms. The summed E-state index contributed by atoms with van der Waals surface area (Å²) in [5, 5.41) is 3.02. The van der Waals surface area contributed by atoms with Crippen LogP contribution in [0.3, 0.4) is 0 Å². The first-order valence-corrected chi connectivity index (χ1v) is 9.09. The second kappa shape index (κ2) is 7.17. The van der Waals surface area contributed by atoms with Gasteiger partial charge in [-0.25, -0.2) is 23.1 Å². The van der Waals surface area contributed by atoms with Gasteiger partial charge in [0.15, 0.2) is 0 Å². The van der Waals surface area contributed by atoms with Gasteiger partial charge in [0.1, 0.15) is 4.90 Å². The summed E-state index contributed by atoms with van der Waals surface area (Å²) < 4.78 is 27.4. The molecule has 2 rings (SSSR count). The highest BCUT2D eigenvalue weighted by molar-refractivity contribution is 7.89. The van der Waals surface area contributed by atoms with Gasteiger partial charge in [0, 0.05) is 12.6 Å². The third kappa shape index (κ3) is 4.38. The van der Waals surface area contributed by atoms with E-state index in [1.165, 1.54) is 25.2 Å². The quantitative estimate of drug-likeness (QED) is 0.806. The van der Waals surface area contributed by atoms with Crippen LogP contribution in [0.4, 0.5) is 5.95 Å². The van der Waals surface area contributed by atoms with E-state index in [-0.39, 0.29) is 10.9 Å². The van der Waals surface area contributed by atoms with Gasteiger partial charge in [0.05, 0.1) is 12.4 Å². The molecule has 0 amide bonds. The van der Waals surface area contributed by atoms with Crippen molar-refractivity contribution in [3.8, 4) is 0 Å². The van der Waals surface area contributed by atoms with Crippen LogP contribution in [0.2, 0.25) is 0 Å². The van der Waals surface area contributed by atoms with Crippen molar-refractivity contribution >= 4 is 16.0 Å². The molecule has 0 spiro atoms. The smallest absolute Gasteiger partial charge is 0.243 e. The van der Waals surface area contributed by atoms with Gasteiger partial charge in [0.2, 0.25) is 16.0 Å². The van der Waals surface area contributed by atoms with Crippen molar-refractivity contribution in [1.29, 1.82) is 0 Å². The Morgan fingerprint density at radius 2 is 1.90 bits per heavy atom. The summed E-state index contributed by atoms with van der Waals surface area (Å²) in [6.07, 6.45) is 8.25. The van der Waals surface area contributed by atoms with Crippen LogP contribution in [0, 0.1) is 5.92 Å². The number of nitrogens with zero attached hydrogens (tertiary/aromatic N) is 2. The second-order valence-electron chi connectivity index (χ2n) is 5.62. The van der Waals surface area contributed by atoms with Crippen LogP contribution in [-0.4, -0.2) is 31.0 Å². The Morgan fingerprint density at radius 3 is 2.48 bits per heavy atom. The van der Waals surface area contributed by atoms with Crippen molar-refractivity contribution in [2.75, 3.05) is 11.9 Å². The predicted molar refractivity (Wildman–Crippen MR) is 82.6 cm³/mol. The van der Waals surface area contributed by atoms with E-state index in [4.69, 9.17) is 0 Å². The molecule has 2 N–H and O–H groups in total. The summed E-state index contributed by atoms with van der Waals surface area (Å²) >= 11 is 0. The summed E-state index contributed by atoms with van der Waals surface area (Å²) in [5.74, 6) is 0.894. The molecule has 118 valence electrons. The van der Waals surface area contributed by atoms with Crippen molar-refractivity contribution in [3.05, 3.63) is 12.4 Å². The van der Waals surface area contributed by atoms with Crippen molar-refractivity contribution in [3.63, 3.8) is 0 Å². The summed E-state index contributed by atoms with van der Waals surface area (Å²) in [5.41, 5.74) is 0. The van der Waals surface area contributed by atoms with Crippen molar-refractivity contribution in [1.82, 2.24) is 14.7 Å². The van der Waals surface area contributed by atoms with E-state index in [1.807, 2.05) is 13.8 Å². The Hall–Kier alpha value is -1.21. The third-order valence-corrected chi connectivity index (χ3v) is 5.43. The highest BCUT2D eigenvalue weighted by atomic mass is 32.2. The molecule has 1 unspecified atom stereocenters. The summed E-state index contributed by atoms with van der Waals surface area (Å²) in [4.78, 5) is 8.21. The standard InChI is InChI=1S/C14H24N4O2S/c1-3-8-15-14-16-9-13(10-17-14)21(19,20)18-11(2)12-6-4-5-7-12/h9-12,18H,3-8H2,1-2H3,(H,15,16,17). The molecule has 7 heteroatoms. The fraction of sp³-hybridized carbons (Fsp3) is 0.714. The first-order valence-electron chi connectivity index (χ1n) is 7.61. The second-order valence-corrected chi connectivity index (χ2v) is 7.34. The van der Waals surface area contributed by atoms with Crippen LogP contribution in [0.1, 0.15) is 46.0 Å². The van der Waals surface area contributed by atoms with Crippen molar-refractivity contribution in [2.45, 2.75) is 56.9 Å². The van der Waals surface area contributed by atoms with Gasteiger partial charge in [-0.3, -0.25) is 0 Å². The predicted octanol–water partition coefficient (Wildman–Crippen LogP) is 2.16. The normalized spacial score (nSPS) is 17.8. The molecule has 21 heavy (non-hydrogen) atoms. The minimum Gasteiger partial charge on any atom is -0.354 e. The van der Waals surface area contributed by atoms with Gasteiger partial charge in [-0.1, -0.05) is 19.8 Å². The third-order valence-electron chi connectivity index (χ3n) is 3.92. The van der Waals surface area contributed by atoms with Crippen molar-refractivity contribution in [2.24, 2.45) is 5.92 Å². The van der Waals surface area contributed by atoms with Crippen LogP contribution in [0.5, 0.6) is 0 Å². The number of nitrogens with one attached hydrogen (secondary N) is 2. The molecule has 0 aromatic carbocycles. The largest absolute Gasteiger partial charge is 0.354 e. The highest BCUT2D eigenvalue weighted by Gasteiger charge is 2.26. The lowest BCUT2D eigenvalue weighted by Crippen LogP contribution is -2.37. The number of hydrogen-bond donors (Lipinski definition) is 2. The maximum absolute atomic E-state index is 12.3. The van der Waals surface area contributed by atoms with Crippen LogP contribution < -0.4 is 10.0 Å². The first-order chi connectivity index (χ1) is 10.0. The van der Waals surface area contributed by atoms with Gasteiger partial charge < -0.3 is 5.32 Å². The van der Waals surface area contributed by atoms with Crippen LogP contribution in [-0.2, 0) is 10.0 Å². The van der Waals surface area contributed by atoms with Crippen LogP contribution in [0.15, 0.2) is 17.3 Å². The van der Waals surface area contributed by atoms with E-state index in [0.717, 1.165) is 25.8 Å². The SMILES string of the molecule is CCCNc1ncc(S(=O)(=O)NC(C)C2CCCC2)cn1. The zero-order valence-corrected chi connectivity index (χ0v) is 13.5. The summed E-state index contributed by atoms with van der Waals surface area (Å²) in [6.45, 7) is 4.74. The molecule has 1 aliphatic carbocycles. The summed E-state index contributed by atoms with van der Waals surface area (Å²) in [6, 6.07) is -0.0459. The molecule has 0 aliphatic heterocycles. The fourth-order valence-corrected chi connectivity index (χ4v) is 3.85. The molecule has 1 saturated carbocycles. The zero-order chi connectivity index (χ0) is 15.3. The lowest BCUT2D eigenvalue weighted by Gasteiger charge is -2.20. The van der Waals surface area contributed by atoms with E-state index < -0.39 is 10.0 Å². The number of anilines is 1. The number of sulfonamides is 1. The minimum absolute atomic E-state index is 0.0459. The molecular weight excluding hydrogens is 288 g/mol. The average Bonchev–Trinajstić information content (AvgIpc) is 2.99. The minimum atomic E-state index is -3.54. The van der Waals surface area contributed by atoms with Gasteiger partial charge in [-0.2, -0.15) is 0 Å². The molecule has 1 aromatic rings. The van der Waals surface area contributed by atoms with E-state index in [0.29, 0.717) is 11.9 Å². The maximum Gasteiger partial charge on any atom is 0.243 e. The monoisotopic (exact) mass is 312 g/mol. The Bertz CT molecular complexity index is 539. The number of aromatic nitrogens is 2. The van der Waals surface area contributed by atoms with E-state index in [9.17, 15) is 8.42 Å². The molecule has 0 saturated heterocycles. The van der Waals surface area contributed by atoms with Crippen molar-refractivity contribution < 1.29 is 8.42 Å². The lowest BCUT2D eigenvalue weighted by atomic mass is 10.0. The molecule has 1 atom stereocenters. The van der Waals surface area contributed by atoms with Crippen LogP contribution in [0.25, 0.3) is 0 Å². The topological polar surface area (TPSA) is 84.0 Å². The zero-order valence-electron chi connectivity index (χ0n) is 12.7. The molecule has 1 heterocycles. The highest BCUT2D eigenvalue weighted by Crippen LogP contribution is 2.28. The molecule has 1 fully saturated rings. The Balaban J connectivity index is 2.01. The van der Waals surface area contributed by atoms with Gasteiger partial charge in [-0.05, 0) is 32.1 Å². The van der Waals surface area contributed by atoms with E-state index in [2.05, 4.69) is 20.0 Å². The van der Waals surface area contributed by atoms with E-state index in [1.54, 1.807) is 0 Å². The van der Waals surface area contributed by atoms with Gasteiger partial charge >= 0.3 is 0 Å². The maximum atomic E-state index is 12.3. The Morgan fingerprint density at radius 1 is 1.29 bits per heavy atom.